The molecule has 0 saturated heterocycles. The minimum Gasteiger partial charge on any atom is -0.445 e. The van der Waals surface area contributed by atoms with Gasteiger partial charge in [-0.1, -0.05) is 36.4 Å². The molecule has 0 radical (unpaired) electrons. The van der Waals surface area contributed by atoms with E-state index in [1.54, 1.807) is 12.4 Å². The molecule has 1 amide bonds. The second-order valence-corrected chi connectivity index (χ2v) is 5.06. The van der Waals surface area contributed by atoms with Crippen LogP contribution in [-0.2, 0) is 17.8 Å². The fourth-order valence-corrected chi connectivity index (χ4v) is 2.06. The summed E-state index contributed by atoms with van der Waals surface area (Å²) >= 11 is 0. The molecular formula is C17H20N2O3. The van der Waals surface area contributed by atoms with Gasteiger partial charge in [0.2, 0.25) is 0 Å². The van der Waals surface area contributed by atoms with E-state index in [0.29, 0.717) is 13.0 Å². The second-order valence-electron chi connectivity index (χ2n) is 5.06. The summed E-state index contributed by atoms with van der Waals surface area (Å²) in [6.07, 6.45) is 3.64. The topological polar surface area (TPSA) is 71.5 Å². The number of hydrogen-bond acceptors (Lipinski definition) is 4. The minimum atomic E-state index is -0.478. The van der Waals surface area contributed by atoms with Crippen molar-refractivity contribution in [3.8, 4) is 0 Å². The molecule has 1 aromatic carbocycles. The van der Waals surface area contributed by atoms with E-state index in [-0.39, 0.29) is 19.1 Å². The molecule has 0 bridgehead atoms. The van der Waals surface area contributed by atoms with E-state index < -0.39 is 6.09 Å². The molecule has 2 N–H and O–H groups in total. The number of hydrogen-bond donors (Lipinski definition) is 2. The molecule has 0 aliphatic heterocycles. The highest BCUT2D eigenvalue weighted by Gasteiger charge is 2.11. The number of carbonyl (C=O) groups excluding carboxylic acids is 1. The zero-order valence-electron chi connectivity index (χ0n) is 12.3. The lowest BCUT2D eigenvalue weighted by atomic mass is 10.0. The van der Waals surface area contributed by atoms with Crippen LogP contribution in [-0.4, -0.2) is 29.3 Å². The summed E-state index contributed by atoms with van der Waals surface area (Å²) in [6, 6.07) is 13.3. The molecule has 0 saturated carbocycles. The molecule has 0 spiro atoms. The lowest BCUT2D eigenvalue weighted by molar-refractivity contribution is 0.135. The van der Waals surface area contributed by atoms with Gasteiger partial charge in [0.1, 0.15) is 6.61 Å². The van der Waals surface area contributed by atoms with E-state index >= 15 is 0 Å². The molecule has 1 aromatic heterocycles. The highest BCUT2D eigenvalue weighted by Crippen LogP contribution is 2.06. The summed E-state index contributed by atoms with van der Waals surface area (Å²) in [5.74, 6) is -0.0616. The molecule has 116 valence electrons. The number of nitrogens with zero attached hydrogens (tertiary/aromatic N) is 1. The standard InChI is InChI=1S/C17H20N2O3/c20-12-16(9-15-7-4-8-18-10-15)11-19-17(21)22-13-14-5-2-1-3-6-14/h1-8,10,16,20H,9,11-13H2,(H,19,21). The number of amides is 1. The van der Waals surface area contributed by atoms with Crippen molar-refractivity contribution in [1.82, 2.24) is 10.3 Å². The van der Waals surface area contributed by atoms with Gasteiger partial charge in [-0.15, -0.1) is 0 Å². The number of carbonyl (C=O) groups is 1. The number of aromatic nitrogens is 1. The zero-order valence-corrected chi connectivity index (χ0v) is 12.3. The lowest BCUT2D eigenvalue weighted by Crippen LogP contribution is -2.32. The average molecular weight is 300 g/mol. The molecule has 0 aliphatic carbocycles. The van der Waals surface area contributed by atoms with Crippen LogP contribution in [0.4, 0.5) is 4.79 Å². The lowest BCUT2D eigenvalue weighted by Gasteiger charge is -2.15. The maximum atomic E-state index is 11.7. The number of pyridine rings is 1. The van der Waals surface area contributed by atoms with Crippen LogP contribution in [0.5, 0.6) is 0 Å². The highest BCUT2D eigenvalue weighted by atomic mass is 16.5. The van der Waals surface area contributed by atoms with Crippen LogP contribution < -0.4 is 5.32 Å². The Labute approximate surface area is 130 Å². The van der Waals surface area contributed by atoms with Gasteiger partial charge in [-0.25, -0.2) is 4.79 Å². The van der Waals surface area contributed by atoms with Crippen LogP contribution in [0.25, 0.3) is 0 Å². The van der Waals surface area contributed by atoms with E-state index in [1.807, 2.05) is 42.5 Å². The maximum absolute atomic E-state index is 11.7. The SMILES string of the molecule is O=C(NCC(CO)Cc1cccnc1)OCc1ccccc1. The van der Waals surface area contributed by atoms with Crippen molar-refractivity contribution in [3.05, 3.63) is 66.0 Å². The Morgan fingerprint density at radius 1 is 1.18 bits per heavy atom. The molecule has 0 aliphatic rings. The Bertz CT molecular complexity index is 561. The van der Waals surface area contributed by atoms with E-state index in [2.05, 4.69) is 10.3 Å². The van der Waals surface area contributed by atoms with Crippen LogP contribution in [0.3, 0.4) is 0 Å². The van der Waals surface area contributed by atoms with Crippen molar-refractivity contribution in [2.45, 2.75) is 13.0 Å². The highest BCUT2D eigenvalue weighted by molar-refractivity contribution is 5.67. The van der Waals surface area contributed by atoms with Crippen molar-refractivity contribution in [2.75, 3.05) is 13.2 Å². The normalized spacial score (nSPS) is 11.7. The van der Waals surface area contributed by atoms with E-state index in [0.717, 1.165) is 11.1 Å². The number of alkyl carbamates (subject to hydrolysis) is 1. The van der Waals surface area contributed by atoms with E-state index in [9.17, 15) is 9.90 Å². The fraction of sp³-hybridized carbons (Fsp3) is 0.294. The maximum Gasteiger partial charge on any atom is 0.407 e. The van der Waals surface area contributed by atoms with Gasteiger partial charge in [-0.3, -0.25) is 4.98 Å². The van der Waals surface area contributed by atoms with Gasteiger partial charge < -0.3 is 15.2 Å². The third-order valence-electron chi connectivity index (χ3n) is 3.25. The number of rotatable bonds is 7. The van der Waals surface area contributed by atoms with Gasteiger partial charge in [0, 0.05) is 31.5 Å². The number of benzene rings is 1. The van der Waals surface area contributed by atoms with Crippen molar-refractivity contribution >= 4 is 6.09 Å². The van der Waals surface area contributed by atoms with Crippen LogP contribution in [0.2, 0.25) is 0 Å². The molecule has 1 unspecified atom stereocenters. The molecular weight excluding hydrogens is 280 g/mol. The average Bonchev–Trinajstić information content (AvgIpc) is 2.58. The summed E-state index contributed by atoms with van der Waals surface area (Å²) < 4.78 is 5.13. The van der Waals surface area contributed by atoms with Gasteiger partial charge in [-0.05, 0) is 23.6 Å². The van der Waals surface area contributed by atoms with Crippen molar-refractivity contribution in [3.63, 3.8) is 0 Å². The summed E-state index contributed by atoms with van der Waals surface area (Å²) in [6.45, 7) is 0.589. The molecule has 1 atom stereocenters. The smallest absolute Gasteiger partial charge is 0.407 e. The number of nitrogens with one attached hydrogen (secondary N) is 1. The van der Waals surface area contributed by atoms with Crippen molar-refractivity contribution < 1.29 is 14.6 Å². The van der Waals surface area contributed by atoms with Gasteiger partial charge in [-0.2, -0.15) is 0 Å². The molecule has 2 rings (SSSR count). The van der Waals surface area contributed by atoms with Gasteiger partial charge in [0.25, 0.3) is 0 Å². The first-order valence-electron chi connectivity index (χ1n) is 7.22. The Morgan fingerprint density at radius 3 is 2.64 bits per heavy atom. The molecule has 0 fully saturated rings. The Kier molecular flexibility index (Phi) is 6.39. The predicted molar refractivity (Wildman–Crippen MR) is 83.1 cm³/mol. The summed E-state index contributed by atoms with van der Waals surface area (Å²) in [4.78, 5) is 15.7. The van der Waals surface area contributed by atoms with Crippen LogP contribution in [0, 0.1) is 5.92 Å². The molecule has 2 aromatic rings. The summed E-state index contributed by atoms with van der Waals surface area (Å²) in [7, 11) is 0. The van der Waals surface area contributed by atoms with Gasteiger partial charge in [0.05, 0.1) is 0 Å². The summed E-state index contributed by atoms with van der Waals surface area (Å²) in [5, 5.41) is 12.1. The quantitative estimate of drug-likeness (QED) is 0.822. The molecule has 22 heavy (non-hydrogen) atoms. The number of ether oxygens (including phenoxy) is 1. The second kappa shape index (κ2) is 8.79. The van der Waals surface area contributed by atoms with Gasteiger partial charge in [0.15, 0.2) is 0 Å². The third-order valence-corrected chi connectivity index (χ3v) is 3.25. The van der Waals surface area contributed by atoms with Crippen LogP contribution >= 0.6 is 0 Å². The first kappa shape index (κ1) is 16.0. The van der Waals surface area contributed by atoms with Crippen LogP contribution in [0.15, 0.2) is 54.9 Å². The zero-order chi connectivity index (χ0) is 15.6. The Balaban J connectivity index is 1.72. The van der Waals surface area contributed by atoms with Crippen LogP contribution in [0.1, 0.15) is 11.1 Å². The first-order chi connectivity index (χ1) is 10.8. The molecule has 5 heteroatoms. The monoisotopic (exact) mass is 300 g/mol. The van der Waals surface area contributed by atoms with Crippen molar-refractivity contribution in [1.29, 1.82) is 0 Å². The summed E-state index contributed by atoms with van der Waals surface area (Å²) in [5.41, 5.74) is 1.97. The number of aliphatic hydroxyl groups is 1. The molecule has 5 nitrogen and oxygen atoms in total. The first-order valence-corrected chi connectivity index (χ1v) is 7.22. The van der Waals surface area contributed by atoms with Gasteiger partial charge >= 0.3 is 6.09 Å². The fourth-order valence-electron chi connectivity index (χ4n) is 2.06. The van der Waals surface area contributed by atoms with Crippen molar-refractivity contribution in [2.24, 2.45) is 5.92 Å². The number of aliphatic hydroxyl groups excluding tert-OH is 1. The molecule has 1 heterocycles. The Morgan fingerprint density at radius 2 is 1.95 bits per heavy atom. The largest absolute Gasteiger partial charge is 0.445 e. The predicted octanol–water partition coefficient (Wildman–Crippen LogP) is 2.16. The Hall–Kier alpha value is -2.40. The van der Waals surface area contributed by atoms with E-state index in [4.69, 9.17) is 4.74 Å². The third kappa shape index (κ3) is 5.54. The minimum absolute atomic E-state index is 0.00609. The van der Waals surface area contributed by atoms with E-state index in [1.165, 1.54) is 0 Å².